The molecule has 1 rings (SSSR count). The minimum Gasteiger partial charge on any atom is -0.379 e. The summed E-state index contributed by atoms with van der Waals surface area (Å²) in [6.45, 7) is 7.89. The van der Waals surface area contributed by atoms with E-state index in [2.05, 4.69) is 24.7 Å². The normalized spacial score (nSPS) is 27.0. The summed E-state index contributed by atoms with van der Waals surface area (Å²) in [6, 6.07) is 0. The highest BCUT2D eigenvalue weighted by Crippen LogP contribution is 2.13. The van der Waals surface area contributed by atoms with Gasteiger partial charge in [0.1, 0.15) is 0 Å². The first-order valence-electron chi connectivity index (χ1n) is 3.74. The molecule has 0 radical (unpaired) electrons. The second-order valence-electron chi connectivity index (χ2n) is 3.50. The van der Waals surface area contributed by atoms with Crippen molar-refractivity contribution in [2.45, 2.75) is 13.8 Å². The lowest BCUT2D eigenvalue weighted by Gasteiger charge is -2.27. The standard InChI is InChI=1S/C7H16N2O/c1-7(2)5-9-8-3-4-10-6-7/h8-9H,3-6H2,1-2H3. The second kappa shape index (κ2) is 3.32. The van der Waals surface area contributed by atoms with Crippen LogP contribution in [0.4, 0.5) is 0 Å². The van der Waals surface area contributed by atoms with Gasteiger partial charge >= 0.3 is 0 Å². The molecule has 0 aliphatic carbocycles. The Kier molecular flexibility index (Phi) is 2.65. The Bertz CT molecular complexity index is 93.8. The van der Waals surface area contributed by atoms with Gasteiger partial charge in [-0.05, 0) is 0 Å². The first-order valence-corrected chi connectivity index (χ1v) is 3.74. The highest BCUT2D eigenvalue weighted by molar-refractivity contribution is 4.70. The maximum atomic E-state index is 5.39. The van der Waals surface area contributed by atoms with E-state index in [1.54, 1.807) is 0 Å². The van der Waals surface area contributed by atoms with E-state index >= 15 is 0 Å². The summed E-state index contributed by atoms with van der Waals surface area (Å²) in [5, 5.41) is 0. The third kappa shape index (κ3) is 2.64. The summed E-state index contributed by atoms with van der Waals surface area (Å²) < 4.78 is 5.39. The van der Waals surface area contributed by atoms with Crippen LogP contribution in [0.15, 0.2) is 0 Å². The van der Waals surface area contributed by atoms with E-state index in [1.807, 2.05) is 0 Å². The fourth-order valence-corrected chi connectivity index (χ4v) is 0.913. The molecule has 1 heterocycles. The molecule has 2 N–H and O–H groups in total. The van der Waals surface area contributed by atoms with Crippen molar-refractivity contribution in [2.75, 3.05) is 26.3 Å². The van der Waals surface area contributed by atoms with Crippen LogP contribution in [0.2, 0.25) is 0 Å². The number of hydrogen-bond donors (Lipinski definition) is 2. The Balaban J connectivity index is 2.30. The van der Waals surface area contributed by atoms with Crippen LogP contribution in [0.25, 0.3) is 0 Å². The summed E-state index contributed by atoms with van der Waals surface area (Å²) in [5.74, 6) is 0. The number of rotatable bonds is 0. The predicted octanol–water partition coefficient (Wildman–Crippen LogP) is 0.137. The van der Waals surface area contributed by atoms with Gasteiger partial charge in [-0.15, -0.1) is 0 Å². The monoisotopic (exact) mass is 144 g/mol. The maximum Gasteiger partial charge on any atom is 0.0605 e. The van der Waals surface area contributed by atoms with Gasteiger partial charge in [-0.25, -0.2) is 0 Å². The third-order valence-corrected chi connectivity index (χ3v) is 1.56. The Labute approximate surface area is 62.1 Å². The third-order valence-electron chi connectivity index (χ3n) is 1.56. The molecule has 3 heteroatoms. The summed E-state index contributed by atoms with van der Waals surface area (Å²) in [6.07, 6.45) is 0. The van der Waals surface area contributed by atoms with Gasteiger partial charge in [0.05, 0.1) is 13.2 Å². The fourth-order valence-electron chi connectivity index (χ4n) is 0.913. The second-order valence-corrected chi connectivity index (χ2v) is 3.50. The zero-order valence-electron chi connectivity index (χ0n) is 6.74. The quantitative estimate of drug-likeness (QED) is 0.507. The van der Waals surface area contributed by atoms with Crippen LogP contribution in [0.3, 0.4) is 0 Å². The van der Waals surface area contributed by atoms with Crippen LogP contribution in [-0.4, -0.2) is 26.3 Å². The van der Waals surface area contributed by atoms with Crippen molar-refractivity contribution in [1.82, 2.24) is 10.9 Å². The van der Waals surface area contributed by atoms with Gasteiger partial charge in [0.25, 0.3) is 0 Å². The minimum absolute atomic E-state index is 0.257. The number of hydrogen-bond acceptors (Lipinski definition) is 3. The van der Waals surface area contributed by atoms with E-state index < -0.39 is 0 Å². The predicted molar refractivity (Wildman–Crippen MR) is 40.6 cm³/mol. The van der Waals surface area contributed by atoms with E-state index in [0.717, 1.165) is 26.3 Å². The summed E-state index contributed by atoms with van der Waals surface area (Å²) >= 11 is 0. The number of hydrazine groups is 1. The molecule has 0 bridgehead atoms. The summed E-state index contributed by atoms with van der Waals surface area (Å²) in [7, 11) is 0. The van der Waals surface area contributed by atoms with Gasteiger partial charge < -0.3 is 4.74 Å². The van der Waals surface area contributed by atoms with Crippen LogP contribution >= 0.6 is 0 Å². The van der Waals surface area contributed by atoms with Crippen molar-refractivity contribution in [1.29, 1.82) is 0 Å². The number of ether oxygens (including phenoxy) is 1. The largest absolute Gasteiger partial charge is 0.379 e. The molecule has 0 spiro atoms. The zero-order valence-corrected chi connectivity index (χ0v) is 6.74. The van der Waals surface area contributed by atoms with Crippen molar-refractivity contribution < 1.29 is 4.74 Å². The molecular weight excluding hydrogens is 128 g/mol. The van der Waals surface area contributed by atoms with Crippen molar-refractivity contribution >= 4 is 0 Å². The Morgan fingerprint density at radius 2 is 2.10 bits per heavy atom. The van der Waals surface area contributed by atoms with Crippen LogP contribution in [0.5, 0.6) is 0 Å². The zero-order chi connectivity index (χ0) is 7.45. The molecule has 1 saturated heterocycles. The van der Waals surface area contributed by atoms with Crippen LogP contribution < -0.4 is 10.9 Å². The molecule has 0 aromatic heterocycles. The molecule has 1 aliphatic heterocycles. The maximum absolute atomic E-state index is 5.39. The molecule has 0 aromatic rings. The van der Waals surface area contributed by atoms with E-state index in [4.69, 9.17) is 4.74 Å². The molecule has 60 valence electrons. The Morgan fingerprint density at radius 1 is 1.30 bits per heavy atom. The van der Waals surface area contributed by atoms with Gasteiger partial charge in [0.2, 0.25) is 0 Å². The number of nitrogens with one attached hydrogen (secondary N) is 2. The average molecular weight is 144 g/mol. The lowest BCUT2D eigenvalue weighted by molar-refractivity contribution is 0.0460. The summed E-state index contributed by atoms with van der Waals surface area (Å²) in [5.41, 5.74) is 6.47. The Morgan fingerprint density at radius 3 is 2.90 bits per heavy atom. The van der Waals surface area contributed by atoms with Crippen LogP contribution in [-0.2, 0) is 4.74 Å². The van der Waals surface area contributed by atoms with Crippen molar-refractivity contribution in [3.05, 3.63) is 0 Å². The molecule has 10 heavy (non-hydrogen) atoms. The first-order chi connectivity index (χ1) is 4.71. The molecule has 0 amide bonds. The van der Waals surface area contributed by atoms with E-state index in [0.29, 0.717) is 0 Å². The van der Waals surface area contributed by atoms with Gasteiger partial charge in [-0.1, -0.05) is 13.8 Å². The SMILES string of the molecule is CC1(C)CNNCCOC1. The summed E-state index contributed by atoms with van der Waals surface area (Å²) in [4.78, 5) is 0. The fraction of sp³-hybridized carbons (Fsp3) is 1.00. The van der Waals surface area contributed by atoms with Crippen LogP contribution in [0.1, 0.15) is 13.8 Å². The highest BCUT2D eigenvalue weighted by atomic mass is 16.5. The molecule has 1 aliphatic rings. The van der Waals surface area contributed by atoms with Gasteiger partial charge in [0.15, 0.2) is 0 Å². The van der Waals surface area contributed by atoms with Crippen LogP contribution in [0, 0.1) is 5.41 Å². The Hall–Kier alpha value is -0.120. The van der Waals surface area contributed by atoms with Crippen molar-refractivity contribution in [2.24, 2.45) is 5.41 Å². The van der Waals surface area contributed by atoms with E-state index in [-0.39, 0.29) is 5.41 Å². The molecule has 0 aromatic carbocycles. The lowest BCUT2D eigenvalue weighted by Crippen LogP contribution is -2.45. The van der Waals surface area contributed by atoms with Crippen molar-refractivity contribution in [3.8, 4) is 0 Å². The molecule has 3 nitrogen and oxygen atoms in total. The smallest absolute Gasteiger partial charge is 0.0605 e. The molecular formula is C7H16N2O. The highest BCUT2D eigenvalue weighted by Gasteiger charge is 2.18. The van der Waals surface area contributed by atoms with Crippen molar-refractivity contribution in [3.63, 3.8) is 0 Å². The van der Waals surface area contributed by atoms with Gasteiger partial charge in [-0.2, -0.15) is 0 Å². The topological polar surface area (TPSA) is 33.3 Å². The minimum atomic E-state index is 0.257. The average Bonchev–Trinajstić information content (AvgIpc) is 1.81. The van der Waals surface area contributed by atoms with E-state index in [9.17, 15) is 0 Å². The van der Waals surface area contributed by atoms with Gasteiger partial charge in [-0.3, -0.25) is 10.9 Å². The van der Waals surface area contributed by atoms with Gasteiger partial charge in [0, 0.05) is 18.5 Å². The molecule has 1 fully saturated rings. The molecule has 0 atom stereocenters. The molecule has 0 saturated carbocycles. The molecule has 0 unspecified atom stereocenters. The lowest BCUT2D eigenvalue weighted by atomic mass is 9.95. The van der Waals surface area contributed by atoms with E-state index in [1.165, 1.54) is 0 Å². The first kappa shape index (κ1) is 7.98.